The van der Waals surface area contributed by atoms with Gasteiger partial charge in [0.1, 0.15) is 6.61 Å². The van der Waals surface area contributed by atoms with Crippen molar-refractivity contribution in [2.45, 2.75) is 187 Å². The Morgan fingerprint density at radius 2 is 0.893 bits per heavy atom. The molecule has 1 atom stereocenters. The Balaban J connectivity index is 4.03. The molecule has 0 saturated carbocycles. The summed E-state index contributed by atoms with van der Waals surface area (Å²) in [5.41, 5.74) is 0. The first kappa shape index (κ1) is 53.2. The predicted octanol–water partition coefficient (Wildman–Crippen LogP) is 13.6. The minimum absolute atomic E-state index is 0.138. The minimum atomic E-state index is -4.78. The second-order valence-electron chi connectivity index (χ2n) is 14.3. The third-order valence-corrected chi connectivity index (χ3v) is 9.40. The van der Waals surface area contributed by atoms with Crippen LogP contribution < -0.4 is 0 Å². The quantitative estimate of drug-likeness (QED) is 0.0273. The van der Waals surface area contributed by atoms with Crippen LogP contribution in [0.5, 0.6) is 0 Å². The van der Waals surface area contributed by atoms with Gasteiger partial charge in [-0.2, -0.15) is 0 Å². The summed E-state index contributed by atoms with van der Waals surface area (Å²) in [6, 6.07) is 0. The van der Waals surface area contributed by atoms with E-state index in [2.05, 4.69) is 91.3 Å². The van der Waals surface area contributed by atoms with E-state index in [4.69, 9.17) is 19.3 Å². The predicted molar refractivity (Wildman–Crippen MR) is 234 cm³/mol. The fourth-order valence-corrected chi connectivity index (χ4v) is 6.05. The van der Waals surface area contributed by atoms with Crippen LogP contribution in [0, 0.1) is 0 Å². The SMILES string of the molecule is CC/C=C/C/C=C/C/C=C/C/C=C/C/C=C/C/C=C/CCC(=O)OC[C@H](COP(=O)(O)O)OC(=O)CCCCCCCCCCC/C=C/CCCCCCCC. The van der Waals surface area contributed by atoms with Gasteiger partial charge in [0.15, 0.2) is 6.10 Å². The monoisotopic (exact) mass is 803 g/mol. The molecule has 0 aliphatic heterocycles. The highest BCUT2D eigenvalue weighted by Gasteiger charge is 2.22. The summed E-state index contributed by atoms with van der Waals surface area (Å²) in [5.74, 6) is -0.989. The Morgan fingerprint density at radius 1 is 0.482 bits per heavy atom. The van der Waals surface area contributed by atoms with E-state index in [-0.39, 0.29) is 19.4 Å². The van der Waals surface area contributed by atoms with Gasteiger partial charge in [0.2, 0.25) is 0 Å². The summed E-state index contributed by atoms with van der Waals surface area (Å²) in [4.78, 5) is 42.9. The van der Waals surface area contributed by atoms with E-state index >= 15 is 0 Å². The molecule has 0 unspecified atom stereocenters. The van der Waals surface area contributed by atoms with Crippen molar-refractivity contribution in [3.63, 3.8) is 0 Å². The zero-order valence-corrected chi connectivity index (χ0v) is 36.1. The average Bonchev–Trinajstić information content (AvgIpc) is 3.17. The second-order valence-corrected chi connectivity index (χ2v) is 15.5. The molecule has 0 bridgehead atoms. The molecule has 0 fully saturated rings. The number of carbonyl (C=O) groups excluding carboxylic acids is 2. The fraction of sp³-hybridized carbons (Fsp3) is 0.660. The van der Waals surface area contributed by atoms with E-state index < -0.39 is 32.5 Å². The Kier molecular flexibility index (Phi) is 39.8. The van der Waals surface area contributed by atoms with Gasteiger partial charge < -0.3 is 19.3 Å². The Bertz CT molecular complexity index is 1180. The third-order valence-electron chi connectivity index (χ3n) is 8.91. The van der Waals surface area contributed by atoms with Gasteiger partial charge in [0.25, 0.3) is 0 Å². The van der Waals surface area contributed by atoms with Crippen molar-refractivity contribution in [1.29, 1.82) is 0 Å². The molecule has 0 aliphatic carbocycles. The average molecular weight is 803 g/mol. The number of phosphoric ester groups is 1. The topological polar surface area (TPSA) is 119 Å². The number of allylic oxidation sites excluding steroid dienone is 14. The summed E-state index contributed by atoms with van der Waals surface area (Å²) >= 11 is 0. The Hall–Kier alpha value is -2.77. The normalized spacial score (nSPS) is 13.3. The van der Waals surface area contributed by atoms with Crippen molar-refractivity contribution < 1.29 is 37.9 Å². The molecule has 0 rings (SSSR count). The standard InChI is InChI=1S/C47H79O8P/c1-3-5-7-9-11-13-15-17-19-21-23-25-27-29-31-33-35-37-39-41-46(48)53-43-45(44-54-56(50,51)52)55-47(49)42-40-38-36-34-32-30-28-26-24-22-20-18-16-14-12-10-8-6-4-2/h5,7,11,13,17-20,23,25,29,31,35,37,45H,3-4,6,8-10,12,14-16,21-22,24,26-28,30,32-34,36,38-44H2,1-2H3,(H2,50,51,52)/b7-5+,13-11+,19-17+,20-18+,25-23+,31-29+,37-35+/t45-/m1/s1. The molecular weight excluding hydrogens is 723 g/mol. The Morgan fingerprint density at radius 3 is 1.36 bits per heavy atom. The second kappa shape index (κ2) is 41.9. The van der Waals surface area contributed by atoms with Crippen LogP contribution in [-0.2, 0) is 28.2 Å². The van der Waals surface area contributed by atoms with Crippen molar-refractivity contribution in [3.05, 3.63) is 85.1 Å². The van der Waals surface area contributed by atoms with Gasteiger partial charge in [-0.05, 0) is 77.0 Å². The maximum absolute atomic E-state index is 12.4. The van der Waals surface area contributed by atoms with Crippen molar-refractivity contribution >= 4 is 19.8 Å². The molecule has 0 aromatic rings. The lowest BCUT2D eigenvalue weighted by molar-refractivity contribution is -0.161. The van der Waals surface area contributed by atoms with Gasteiger partial charge in [-0.3, -0.25) is 14.1 Å². The van der Waals surface area contributed by atoms with Gasteiger partial charge in [-0.1, -0.05) is 176 Å². The molecule has 0 aromatic carbocycles. The van der Waals surface area contributed by atoms with Crippen LogP contribution in [0.3, 0.4) is 0 Å². The van der Waals surface area contributed by atoms with Crippen molar-refractivity contribution in [1.82, 2.24) is 0 Å². The molecule has 0 spiro atoms. The number of hydrogen-bond acceptors (Lipinski definition) is 6. The summed E-state index contributed by atoms with van der Waals surface area (Å²) < 4.78 is 26.3. The molecule has 320 valence electrons. The molecule has 0 aliphatic rings. The van der Waals surface area contributed by atoms with Crippen LogP contribution in [-0.4, -0.2) is 41.0 Å². The van der Waals surface area contributed by atoms with E-state index in [9.17, 15) is 14.2 Å². The molecule has 0 amide bonds. The van der Waals surface area contributed by atoms with Gasteiger partial charge in [0.05, 0.1) is 6.61 Å². The number of hydrogen-bond donors (Lipinski definition) is 2. The van der Waals surface area contributed by atoms with Gasteiger partial charge in [0, 0.05) is 12.8 Å². The highest BCUT2D eigenvalue weighted by molar-refractivity contribution is 7.46. The van der Waals surface area contributed by atoms with Crippen LogP contribution in [0.15, 0.2) is 85.1 Å². The van der Waals surface area contributed by atoms with E-state index in [0.29, 0.717) is 12.8 Å². The number of rotatable bonds is 39. The van der Waals surface area contributed by atoms with Crippen LogP contribution in [0.4, 0.5) is 0 Å². The van der Waals surface area contributed by atoms with E-state index in [1.807, 2.05) is 12.2 Å². The van der Waals surface area contributed by atoms with Crippen molar-refractivity contribution in [2.75, 3.05) is 13.2 Å². The lowest BCUT2D eigenvalue weighted by atomic mass is 10.1. The first-order chi connectivity index (χ1) is 27.3. The smallest absolute Gasteiger partial charge is 0.462 e. The van der Waals surface area contributed by atoms with Crippen molar-refractivity contribution in [2.24, 2.45) is 0 Å². The zero-order chi connectivity index (χ0) is 41.1. The molecule has 56 heavy (non-hydrogen) atoms. The molecule has 0 aromatic heterocycles. The molecule has 0 saturated heterocycles. The van der Waals surface area contributed by atoms with Crippen LogP contribution in [0.25, 0.3) is 0 Å². The van der Waals surface area contributed by atoms with Gasteiger partial charge in [-0.25, -0.2) is 4.57 Å². The van der Waals surface area contributed by atoms with E-state index in [1.54, 1.807) is 0 Å². The maximum atomic E-state index is 12.4. The highest BCUT2D eigenvalue weighted by atomic mass is 31.2. The molecule has 8 nitrogen and oxygen atoms in total. The van der Waals surface area contributed by atoms with E-state index in [1.165, 1.54) is 83.5 Å². The van der Waals surface area contributed by atoms with Gasteiger partial charge in [-0.15, -0.1) is 0 Å². The maximum Gasteiger partial charge on any atom is 0.469 e. The van der Waals surface area contributed by atoms with Gasteiger partial charge >= 0.3 is 19.8 Å². The van der Waals surface area contributed by atoms with Crippen LogP contribution >= 0.6 is 7.82 Å². The lowest BCUT2D eigenvalue weighted by Gasteiger charge is -2.18. The molecular formula is C47H79O8P. The van der Waals surface area contributed by atoms with Crippen molar-refractivity contribution in [3.8, 4) is 0 Å². The Labute approximate surface area is 342 Å². The molecule has 2 N–H and O–H groups in total. The third kappa shape index (κ3) is 44.0. The number of carbonyl (C=O) groups is 2. The largest absolute Gasteiger partial charge is 0.469 e. The number of ether oxygens (including phenoxy) is 2. The zero-order valence-electron chi connectivity index (χ0n) is 35.3. The van der Waals surface area contributed by atoms with Crippen LogP contribution in [0.2, 0.25) is 0 Å². The highest BCUT2D eigenvalue weighted by Crippen LogP contribution is 2.36. The molecule has 9 heteroatoms. The molecule has 0 heterocycles. The summed E-state index contributed by atoms with van der Waals surface area (Å²) in [7, 11) is -4.78. The summed E-state index contributed by atoms with van der Waals surface area (Å²) in [6.45, 7) is 3.50. The first-order valence-corrected chi connectivity index (χ1v) is 23.4. The van der Waals surface area contributed by atoms with E-state index in [0.717, 1.165) is 57.8 Å². The minimum Gasteiger partial charge on any atom is -0.462 e. The number of phosphoric acid groups is 1. The summed E-state index contributed by atoms with van der Waals surface area (Å²) in [5, 5.41) is 0. The first-order valence-electron chi connectivity index (χ1n) is 21.9. The molecule has 0 radical (unpaired) electrons. The fourth-order valence-electron chi connectivity index (χ4n) is 5.69. The number of esters is 2. The van der Waals surface area contributed by atoms with Crippen LogP contribution in [0.1, 0.15) is 181 Å². The lowest BCUT2D eigenvalue weighted by Crippen LogP contribution is -2.29. The summed E-state index contributed by atoms with van der Waals surface area (Å²) in [6.07, 6.45) is 56.0. The number of unbranched alkanes of at least 4 members (excludes halogenated alkanes) is 15.